The van der Waals surface area contributed by atoms with Crippen molar-refractivity contribution >= 4 is 15.9 Å². The Morgan fingerprint density at radius 3 is 2.53 bits per heavy atom. The largest absolute Gasteiger partial charge is 0.354 e. The molecule has 0 radical (unpaired) electrons. The highest BCUT2D eigenvalue weighted by atomic mass is 32.2. The molecule has 6 nitrogen and oxygen atoms in total. The maximum atomic E-state index is 11.7. The molecule has 4 N–H and O–H groups in total. The highest BCUT2D eigenvalue weighted by Gasteiger charge is 2.14. The van der Waals surface area contributed by atoms with E-state index in [0.717, 1.165) is 5.56 Å². The minimum Gasteiger partial charge on any atom is -0.354 e. The molecule has 1 atom stereocenters. The van der Waals surface area contributed by atoms with Gasteiger partial charge in [-0.2, -0.15) is 0 Å². The third-order valence-corrected chi connectivity index (χ3v) is 3.98. The van der Waals surface area contributed by atoms with Crippen molar-refractivity contribution in [1.82, 2.24) is 10.0 Å². The van der Waals surface area contributed by atoms with Crippen molar-refractivity contribution in [2.45, 2.75) is 12.5 Å². The van der Waals surface area contributed by atoms with E-state index in [2.05, 4.69) is 10.0 Å². The third-order valence-electron chi connectivity index (χ3n) is 2.62. The number of sulfonamides is 1. The van der Waals surface area contributed by atoms with Gasteiger partial charge in [-0.15, -0.1) is 0 Å². The van der Waals surface area contributed by atoms with E-state index < -0.39 is 16.1 Å². The van der Waals surface area contributed by atoms with Crippen LogP contribution in [0.3, 0.4) is 0 Å². The molecule has 106 valence electrons. The van der Waals surface area contributed by atoms with Crippen LogP contribution in [-0.2, 0) is 21.2 Å². The Kier molecular flexibility index (Phi) is 5.94. The van der Waals surface area contributed by atoms with E-state index in [0.29, 0.717) is 6.42 Å². The number of amides is 1. The SMILES string of the molecule is CNS(=O)(=O)CCNC(=O)[C@@H](N)Cc1ccccc1. The van der Waals surface area contributed by atoms with Crippen molar-refractivity contribution in [3.8, 4) is 0 Å². The van der Waals surface area contributed by atoms with Crippen LogP contribution in [0.2, 0.25) is 0 Å². The Hall–Kier alpha value is -1.44. The fourth-order valence-corrected chi connectivity index (χ4v) is 2.08. The lowest BCUT2D eigenvalue weighted by atomic mass is 10.1. The average molecular weight is 285 g/mol. The number of nitrogens with two attached hydrogens (primary N) is 1. The van der Waals surface area contributed by atoms with Crippen LogP contribution < -0.4 is 15.8 Å². The molecule has 0 heterocycles. The van der Waals surface area contributed by atoms with Crippen LogP contribution in [-0.4, -0.2) is 39.7 Å². The number of hydrogen-bond acceptors (Lipinski definition) is 4. The first-order valence-corrected chi connectivity index (χ1v) is 7.58. The van der Waals surface area contributed by atoms with Crippen LogP contribution in [0.1, 0.15) is 5.56 Å². The summed E-state index contributed by atoms with van der Waals surface area (Å²) in [5.41, 5.74) is 6.72. The van der Waals surface area contributed by atoms with Crippen molar-refractivity contribution < 1.29 is 13.2 Å². The zero-order chi connectivity index (χ0) is 14.3. The van der Waals surface area contributed by atoms with Gasteiger partial charge in [-0.3, -0.25) is 4.79 Å². The van der Waals surface area contributed by atoms with Gasteiger partial charge in [-0.05, 0) is 19.0 Å². The fraction of sp³-hybridized carbons (Fsp3) is 0.417. The second kappa shape index (κ2) is 7.22. The van der Waals surface area contributed by atoms with Crippen molar-refractivity contribution in [2.24, 2.45) is 5.73 Å². The van der Waals surface area contributed by atoms with Crippen molar-refractivity contribution in [2.75, 3.05) is 19.3 Å². The van der Waals surface area contributed by atoms with Gasteiger partial charge in [0.15, 0.2) is 0 Å². The Morgan fingerprint density at radius 2 is 1.95 bits per heavy atom. The quantitative estimate of drug-likeness (QED) is 0.612. The van der Waals surface area contributed by atoms with E-state index in [-0.39, 0.29) is 18.2 Å². The van der Waals surface area contributed by atoms with Crippen LogP contribution in [0, 0.1) is 0 Å². The van der Waals surface area contributed by atoms with Gasteiger partial charge in [0.25, 0.3) is 0 Å². The molecule has 0 bridgehead atoms. The summed E-state index contributed by atoms with van der Waals surface area (Å²) in [4.78, 5) is 11.7. The van der Waals surface area contributed by atoms with Gasteiger partial charge in [0.2, 0.25) is 15.9 Å². The summed E-state index contributed by atoms with van der Waals surface area (Å²) in [5, 5.41) is 2.51. The topological polar surface area (TPSA) is 101 Å². The zero-order valence-corrected chi connectivity index (χ0v) is 11.6. The summed E-state index contributed by atoms with van der Waals surface area (Å²) in [7, 11) is -1.97. The smallest absolute Gasteiger partial charge is 0.237 e. The maximum absolute atomic E-state index is 11.7. The molecule has 0 unspecified atom stereocenters. The molecule has 19 heavy (non-hydrogen) atoms. The molecule has 0 aliphatic heterocycles. The van der Waals surface area contributed by atoms with E-state index in [1.807, 2.05) is 30.3 Å². The molecular weight excluding hydrogens is 266 g/mol. The first kappa shape index (κ1) is 15.6. The molecule has 0 saturated carbocycles. The van der Waals surface area contributed by atoms with Gasteiger partial charge in [-0.25, -0.2) is 13.1 Å². The molecule has 7 heteroatoms. The highest BCUT2D eigenvalue weighted by Crippen LogP contribution is 2.01. The van der Waals surface area contributed by atoms with Crippen molar-refractivity contribution in [3.05, 3.63) is 35.9 Å². The molecule has 0 saturated heterocycles. The van der Waals surface area contributed by atoms with E-state index in [1.54, 1.807) is 0 Å². The predicted octanol–water partition coefficient (Wildman–Crippen LogP) is -0.778. The van der Waals surface area contributed by atoms with E-state index >= 15 is 0 Å². The lowest BCUT2D eigenvalue weighted by Crippen LogP contribution is -2.44. The zero-order valence-electron chi connectivity index (χ0n) is 10.8. The number of benzene rings is 1. The van der Waals surface area contributed by atoms with Gasteiger partial charge in [0, 0.05) is 6.54 Å². The summed E-state index contributed by atoms with van der Waals surface area (Å²) < 4.78 is 24.5. The van der Waals surface area contributed by atoms with E-state index in [1.165, 1.54) is 7.05 Å². The van der Waals surface area contributed by atoms with Crippen LogP contribution in [0.15, 0.2) is 30.3 Å². The predicted molar refractivity (Wildman–Crippen MR) is 74.0 cm³/mol. The van der Waals surface area contributed by atoms with Gasteiger partial charge < -0.3 is 11.1 Å². The van der Waals surface area contributed by atoms with Gasteiger partial charge in [0.1, 0.15) is 0 Å². The van der Waals surface area contributed by atoms with Crippen LogP contribution >= 0.6 is 0 Å². The first-order valence-electron chi connectivity index (χ1n) is 5.93. The van der Waals surface area contributed by atoms with Crippen molar-refractivity contribution in [3.63, 3.8) is 0 Å². The third kappa shape index (κ3) is 5.82. The lowest BCUT2D eigenvalue weighted by Gasteiger charge is -2.12. The normalized spacial score (nSPS) is 12.9. The molecule has 1 aromatic carbocycles. The standard InChI is InChI=1S/C12H19N3O3S/c1-14-19(17,18)8-7-15-12(16)11(13)9-10-5-3-2-4-6-10/h2-6,11,14H,7-9,13H2,1H3,(H,15,16)/t11-/m0/s1. The number of carbonyl (C=O) groups excluding carboxylic acids is 1. The molecule has 1 aromatic rings. The summed E-state index contributed by atoms with van der Waals surface area (Å²) in [6.45, 7) is 0.0461. The Balaban J connectivity index is 2.37. The number of nitrogens with one attached hydrogen (secondary N) is 2. The summed E-state index contributed by atoms with van der Waals surface area (Å²) >= 11 is 0. The Bertz CT molecular complexity index is 502. The van der Waals surface area contributed by atoms with Crippen LogP contribution in [0.4, 0.5) is 0 Å². The second-order valence-corrected chi connectivity index (χ2v) is 6.16. The minimum atomic E-state index is -3.31. The second-order valence-electron chi connectivity index (χ2n) is 4.11. The monoisotopic (exact) mass is 285 g/mol. The van der Waals surface area contributed by atoms with Gasteiger partial charge >= 0.3 is 0 Å². The Labute approximate surface area is 113 Å². The Morgan fingerprint density at radius 1 is 1.32 bits per heavy atom. The summed E-state index contributed by atoms with van der Waals surface area (Å²) in [6.07, 6.45) is 0.422. The number of hydrogen-bond donors (Lipinski definition) is 3. The highest BCUT2D eigenvalue weighted by molar-refractivity contribution is 7.89. The van der Waals surface area contributed by atoms with Crippen LogP contribution in [0.25, 0.3) is 0 Å². The number of rotatable bonds is 7. The minimum absolute atomic E-state index is 0.0461. The molecule has 0 aliphatic carbocycles. The average Bonchev–Trinajstić information content (AvgIpc) is 2.39. The maximum Gasteiger partial charge on any atom is 0.237 e. The van der Waals surface area contributed by atoms with Crippen LogP contribution in [0.5, 0.6) is 0 Å². The van der Waals surface area contributed by atoms with Crippen molar-refractivity contribution in [1.29, 1.82) is 0 Å². The van der Waals surface area contributed by atoms with Gasteiger partial charge in [-0.1, -0.05) is 30.3 Å². The molecule has 0 fully saturated rings. The van der Waals surface area contributed by atoms with E-state index in [4.69, 9.17) is 5.73 Å². The fourth-order valence-electron chi connectivity index (χ4n) is 1.50. The van der Waals surface area contributed by atoms with Gasteiger partial charge in [0.05, 0.1) is 11.8 Å². The van der Waals surface area contributed by atoms with E-state index in [9.17, 15) is 13.2 Å². The number of carbonyl (C=O) groups is 1. The molecule has 0 spiro atoms. The molecule has 0 aliphatic rings. The summed E-state index contributed by atoms with van der Waals surface area (Å²) in [5.74, 6) is -0.511. The molecular formula is C12H19N3O3S. The molecule has 0 aromatic heterocycles. The summed E-state index contributed by atoms with van der Waals surface area (Å²) in [6, 6.07) is 8.73. The lowest BCUT2D eigenvalue weighted by molar-refractivity contribution is -0.122. The molecule has 1 rings (SSSR count). The molecule has 1 amide bonds. The first-order chi connectivity index (χ1) is 8.94.